The van der Waals surface area contributed by atoms with Crippen LogP contribution in [0.4, 0.5) is 14.9 Å². The molecule has 0 radical (unpaired) electrons. The van der Waals surface area contributed by atoms with Crippen LogP contribution in [0.5, 0.6) is 0 Å². The first-order valence-electron chi connectivity index (χ1n) is 10.3. The standard InChI is InChI=1S/C23H19FN6O3/c1-14(31)26-11-18-13-30(23(32)33-18)17-6-7-19(20(24)10-17)15-2-4-16(5-3-15)22-28-27-21-12-25-8-9-29(21)22/h2-10,12,18H,11,13H2,1H3,(H,26,31)/t18-/m0/s1. The fraction of sp³-hybridized carbons (Fsp3) is 0.174. The first-order chi connectivity index (χ1) is 16.0. The number of amides is 2. The van der Waals surface area contributed by atoms with Gasteiger partial charge in [0.15, 0.2) is 11.5 Å². The minimum Gasteiger partial charge on any atom is -0.442 e. The molecule has 0 saturated carbocycles. The van der Waals surface area contributed by atoms with Crippen LogP contribution in [0.25, 0.3) is 28.2 Å². The Kier molecular flexibility index (Phi) is 5.17. The predicted molar refractivity (Wildman–Crippen MR) is 118 cm³/mol. The topological polar surface area (TPSA) is 102 Å². The Bertz CT molecular complexity index is 1350. The van der Waals surface area contributed by atoms with E-state index in [0.717, 1.165) is 5.56 Å². The summed E-state index contributed by atoms with van der Waals surface area (Å²) < 4.78 is 22.1. The fourth-order valence-electron chi connectivity index (χ4n) is 3.75. The van der Waals surface area contributed by atoms with Gasteiger partial charge in [-0.3, -0.25) is 19.1 Å². The van der Waals surface area contributed by atoms with Gasteiger partial charge in [-0.2, -0.15) is 0 Å². The Balaban J connectivity index is 1.35. The maximum absolute atomic E-state index is 15.0. The van der Waals surface area contributed by atoms with Gasteiger partial charge in [0, 0.05) is 30.4 Å². The number of fused-ring (bicyclic) bond motifs is 1. The summed E-state index contributed by atoms with van der Waals surface area (Å²) >= 11 is 0. The van der Waals surface area contributed by atoms with Crippen molar-refractivity contribution in [2.75, 3.05) is 18.0 Å². The highest BCUT2D eigenvalue weighted by atomic mass is 19.1. The molecule has 0 bridgehead atoms. The van der Waals surface area contributed by atoms with E-state index in [0.29, 0.717) is 28.3 Å². The minimum atomic E-state index is -0.572. The van der Waals surface area contributed by atoms with Crippen LogP contribution in [-0.2, 0) is 9.53 Å². The number of aromatic nitrogens is 4. The van der Waals surface area contributed by atoms with E-state index in [1.165, 1.54) is 17.9 Å². The van der Waals surface area contributed by atoms with Crippen LogP contribution >= 0.6 is 0 Å². The molecule has 2 aromatic heterocycles. The number of carbonyl (C=O) groups excluding carboxylic acids is 2. The largest absolute Gasteiger partial charge is 0.442 e. The normalized spacial score (nSPS) is 15.6. The molecule has 166 valence electrons. The SMILES string of the molecule is CC(=O)NC[C@H]1CN(c2ccc(-c3ccc(-c4nnc5cnccn45)cc3)c(F)c2)C(=O)O1. The van der Waals surface area contributed by atoms with Crippen molar-refractivity contribution in [1.82, 2.24) is 24.9 Å². The molecule has 0 aliphatic carbocycles. The third-order valence-electron chi connectivity index (χ3n) is 5.39. The lowest BCUT2D eigenvalue weighted by molar-refractivity contribution is -0.119. The van der Waals surface area contributed by atoms with E-state index in [1.807, 2.05) is 28.7 Å². The van der Waals surface area contributed by atoms with Gasteiger partial charge in [0.2, 0.25) is 5.91 Å². The zero-order chi connectivity index (χ0) is 22.9. The minimum absolute atomic E-state index is 0.208. The Hall–Kier alpha value is -4.34. The number of halogens is 1. The molecule has 2 amide bonds. The molecule has 1 aliphatic heterocycles. The van der Waals surface area contributed by atoms with E-state index in [1.54, 1.807) is 30.7 Å². The van der Waals surface area contributed by atoms with Gasteiger partial charge < -0.3 is 10.1 Å². The maximum Gasteiger partial charge on any atom is 0.414 e. The number of carbonyl (C=O) groups is 2. The molecule has 1 N–H and O–H groups in total. The molecule has 0 spiro atoms. The third-order valence-corrected chi connectivity index (χ3v) is 5.39. The Morgan fingerprint density at radius 3 is 2.73 bits per heavy atom. The van der Waals surface area contributed by atoms with E-state index in [9.17, 15) is 14.0 Å². The lowest BCUT2D eigenvalue weighted by Crippen LogP contribution is -2.33. The molecule has 3 heterocycles. The van der Waals surface area contributed by atoms with Crippen LogP contribution in [0.3, 0.4) is 0 Å². The van der Waals surface area contributed by atoms with E-state index in [2.05, 4.69) is 20.5 Å². The van der Waals surface area contributed by atoms with Crippen LogP contribution < -0.4 is 10.2 Å². The Morgan fingerprint density at radius 1 is 1.18 bits per heavy atom. The van der Waals surface area contributed by atoms with Crippen molar-refractivity contribution in [1.29, 1.82) is 0 Å². The summed E-state index contributed by atoms with van der Waals surface area (Å²) in [5.41, 5.74) is 2.96. The summed E-state index contributed by atoms with van der Waals surface area (Å²) in [7, 11) is 0. The first-order valence-corrected chi connectivity index (χ1v) is 10.3. The quantitative estimate of drug-likeness (QED) is 0.506. The number of benzene rings is 2. The van der Waals surface area contributed by atoms with Crippen LogP contribution in [-0.4, -0.2) is 50.8 Å². The molecule has 1 atom stereocenters. The van der Waals surface area contributed by atoms with Crippen molar-refractivity contribution in [3.63, 3.8) is 0 Å². The Morgan fingerprint density at radius 2 is 1.97 bits per heavy atom. The van der Waals surface area contributed by atoms with Crippen molar-refractivity contribution in [3.8, 4) is 22.5 Å². The molecule has 0 unspecified atom stereocenters. The summed E-state index contributed by atoms with van der Waals surface area (Å²) in [5.74, 6) is -0.00591. The number of hydrogen-bond acceptors (Lipinski definition) is 6. The van der Waals surface area contributed by atoms with Crippen LogP contribution in [0.2, 0.25) is 0 Å². The second-order valence-electron chi connectivity index (χ2n) is 7.62. The van der Waals surface area contributed by atoms with Crippen LogP contribution in [0, 0.1) is 5.82 Å². The maximum atomic E-state index is 15.0. The van der Waals surface area contributed by atoms with Gasteiger partial charge in [0.25, 0.3) is 0 Å². The highest BCUT2D eigenvalue weighted by Gasteiger charge is 2.32. The number of nitrogens with one attached hydrogen (secondary N) is 1. The molecule has 1 fully saturated rings. The second-order valence-corrected chi connectivity index (χ2v) is 7.62. The molecule has 4 aromatic rings. The van der Waals surface area contributed by atoms with Gasteiger partial charge in [-0.25, -0.2) is 9.18 Å². The lowest BCUT2D eigenvalue weighted by Gasteiger charge is -2.14. The van der Waals surface area contributed by atoms with Crippen molar-refractivity contribution in [2.45, 2.75) is 13.0 Å². The molecule has 1 aliphatic rings. The molecule has 5 rings (SSSR count). The van der Waals surface area contributed by atoms with E-state index in [4.69, 9.17) is 4.74 Å². The monoisotopic (exact) mass is 446 g/mol. The highest BCUT2D eigenvalue weighted by molar-refractivity contribution is 5.90. The summed E-state index contributed by atoms with van der Waals surface area (Å²) in [4.78, 5) is 28.6. The number of ether oxygens (including phenoxy) is 1. The third kappa shape index (κ3) is 3.98. The van der Waals surface area contributed by atoms with Crippen molar-refractivity contribution >= 4 is 23.3 Å². The summed E-state index contributed by atoms with van der Waals surface area (Å²) in [6.07, 6.45) is 4.00. The van der Waals surface area contributed by atoms with E-state index in [-0.39, 0.29) is 19.0 Å². The van der Waals surface area contributed by atoms with Crippen LogP contribution in [0.1, 0.15) is 6.92 Å². The first kappa shape index (κ1) is 20.6. The lowest BCUT2D eigenvalue weighted by atomic mass is 10.0. The zero-order valence-electron chi connectivity index (χ0n) is 17.6. The summed E-state index contributed by atoms with van der Waals surface area (Å²) in [6.45, 7) is 1.83. The van der Waals surface area contributed by atoms with E-state index >= 15 is 0 Å². The smallest absolute Gasteiger partial charge is 0.414 e. The molecule has 1 saturated heterocycles. The van der Waals surface area contributed by atoms with Crippen LogP contribution in [0.15, 0.2) is 61.1 Å². The molecule has 10 heteroatoms. The van der Waals surface area contributed by atoms with Crippen molar-refractivity contribution in [3.05, 3.63) is 66.9 Å². The molecule has 2 aromatic carbocycles. The molecular formula is C23H19FN6O3. The Labute approximate surface area is 187 Å². The fourth-order valence-corrected chi connectivity index (χ4v) is 3.75. The molecular weight excluding hydrogens is 427 g/mol. The van der Waals surface area contributed by atoms with Gasteiger partial charge in [0.1, 0.15) is 11.9 Å². The van der Waals surface area contributed by atoms with Gasteiger partial charge >= 0.3 is 6.09 Å². The highest BCUT2D eigenvalue weighted by Crippen LogP contribution is 2.30. The van der Waals surface area contributed by atoms with Gasteiger partial charge in [0.05, 0.1) is 25.0 Å². The number of hydrogen-bond donors (Lipinski definition) is 1. The average molecular weight is 446 g/mol. The van der Waals surface area contributed by atoms with Gasteiger partial charge in [-0.15, -0.1) is 10.2 Å². The van der Waals surface area contributed by atoms with Crippen molar-refractivity contribution < 1.29 is 18.7 Å². The van der Waals surface area contributed by atoms with Crippen molar-refractivity contribution in [2.24, 2.45) is 0 Å². The molecule has 9 nitrogen and oxygen atoms in total. The van der Waals surface area contributed by atoms with Gasteiger partial charge in [-0.1, -0.05) is 24.3 Å². The second kappa shape index (κ2) is 8.30. The summed E-state index contributed by atoms with van der Waals surface area (Å²) in [6, 6.07) is 11.9. The number of anilines is 1. The number of cyclic esters (lactones) is 1. The zero-order valence-corrected chi connectivity index (χ0v) is 17.6. The van der Waals surface area contributed by atoms with Gasteiger partial charge in [-0.05, 0) is 23.8 Å². The average Bonchev–Trinajstić information content (AvgIpc) is 3.41. The number of rotatable bonds is 5. The number of nitrogens with zero attached hydrogens (tertiary/aromatic N) is 5. The van der Waals surface area contributed by atoms with E-state index < -0.39 is 18.0 Å². The summed E-state index contributed by atoms with van der Waals surface area (Å²) in [5, 5.41) is 10.9. The predicted octanol–water partition coefficient (Wildman–Crippen LogP) is 3.06. The molecule has 33 heavy (non-hydrogen) atoms.